The second kappa shape index (κ2) is 24.2. The van der Waals surface area contributed by atoms with Crippen molar-refractivity contribution in [1.82, 2.24) is 0 Å². The fourth-order valence-electron chi connectivity index (χ4n) is 0.642. The number of rotatable bonds is 0. The Morgan fingerprint density at radius 1 is 0.706 bits per heavy atom. The van der Waals surface area contributed by atoms with Gasteiger partial charge in [0.05, 0.1) is 0 Å². The summed E-state index contributed by atoms with van der Waals surface area (Å²) in [5.74, 6) is 0. The molecule has 0 atom stereocenters. The molecule has 0 N–H and O–H groups in total. The van der Waals surface area contributed by atoms with E-state index in [-0.39, 0.29) is 17.1 Å². The maximum Gasteiger partial charge on any atom is 4.00 e. The summed E-state index contributed by atoms with van der Waals surface area (Å²) in [6.07, 6.45) is 0. The summed E-state index contributed by atoms with van der Waals surface area (Å²) in [7, 11) is 0. The number of hydrogen-bond acceptors (Lipinski definition) is 2. The van der Waals surface area contributed by atoms with E-state index in [1.54, 1.807) is 0 Å². The number of thiocarbonyl (C=S) groups is 2. The Labute approximate surface area is 123 Å². The third-order valence-electron chi connectivity index (χ3n) is 1.11. The van der Waals surface area contributed by atoms with Crippen LogP contribution in [0.4, 0.5) is 0 Å². The molecule has 2 nitrogen and oxygen atoms in total. The molecule has 17 heavy (non-hydrogen) atoms. The van der Waals surface area contributed by atoms with Crippen molar-refractivity contribution in [3.05, 3.63) is 71.5 Å². The molecular formula is C12H10FeN2S2. The van der Waals surface area contributed by atoms with E-state index in [0.29, 0.717) is 0 Å². The Balaban J connectivity index is -0.000000157. The molecule has 5 heteroatoms. The van der Waals surface area contributed by atoms with E-state index in [1.807, 2.05) is 60.7 Å². The molecule has 0 radical (unpaired) electrons. The van der Waals surface area contributed by atoms with Crippen molar-refractivity contribution in [1.29, 1.82) is 0 Å². The van der Waals surface area contributed by atoms with Crippen molar-refractivity contribution in [2.24, 2.45) is 0 Å². The molecule has 0 bridgehead atoms. The van der Waals surface area contributed by atoms with Gasteiger partial charge in [0.2, 0.25) is 0 Å². The zero-order valence-electron chi connectivity index (χ0n) is 8.84. The van der Waals surface area contributed by atoms with Gasteiger partial charge in [-0.2, -0.15) is 46.7 Å². The Bertz CT molecular complexity index is 284. The summed E-state index contributed by atoms with van der Waals surface area (Å²) >= 11 is 7.40. The van der Waals surface area contributed by atoms with Crippen LogP contribution in [-0.2, 0) is 17.1 Å². The average Bonchev–Trinajstić information content (AvgIpc) is 3.00. The molecule has 0 heterocycles. The zero-order valence-corrected chi connectivity index (χ0v) is 11.6. The maximum atomic E-state index is 7.13. The van der Waals surface area contributed by atoms with Crippen LogP contribution in [0.25, 0.3) is 10.8 Å². The molecule has 0 saturated carbocycles. The molecule has 0 amide bonds. The quantitative estimate of drug-likeness (QED) is 0.318. The van der Waals surface area contributed by atoms with E-state index in [1.165, 1.54) is 10.3 Å². The minimum atomic E-state index is 0. The topological polar surface area (TPSA) is 44.6 Å². The molecule has 0 aliphatic heterocycles. The Morgan fingerprint density at radius 3 is 0.941 bits per heavy atom. The van der Waals surface area contributed by atoms with Crippen LogP contribution in [-0.4, -0.2) is 10.3 Å². The molecule has 0 unspecified atom stereocenters. The van der Waals surface area contributed by atoms with Crippen molar-refractivity contribution >= 4 is 34.8 Å². The van der Waals surface area contributed by atoms with Gasteiger partial charge >= 0.3 is 17.1 Å². The van der Waals surface area contributed by atoms with Crippen LogP contribution in [0, 0.1) is 0 Å². The van der Waals surface area contributed by atoms with Gasteiger partial charge in [0, 0.05) is 0 Å². The Hall–Kier alpha value is -1.18. The monoisotopic (exact) mass is 302 g/mol. The van der Waals surface area contributed by atoms with Crippen LogP contribution in [0.15, 0.2) is 60.7 Å². The summed E-state index contributed by atoms with van der Waals surface area (Å²) in [6.45, 7) is 0. The van der Waals surface area contributed by atoms with Crippen LogP contribution >= 0.6 is 24.4 Å². The normalized spacial score (nSPS) is 5.65. The van der Waals surface area contributed by atoms with Gasteiger partial charge < -0.3 is 10.8 Å². The Morgan fingerprint density at radius 2 is 0.882 bits per heavy atom. The van der Waals surface area contributed by atoms with E-state index in [2.05, 4.69) is 24.4 Å². The summed E-state index contributed by atoms with van der Waals surface area (Å²) < 4.78 is 0. The van der Waals surface area contributed by atoms with Crippen molar-refractivity contribution in [2.45, 2.75) is 0 Å². The summed E-state index contributed by atoms with van der Waals surface area (Å²) in [5, 5.41) is 16.9. The molecule has 0 saturated heterocycles. The van der Waals surface area contributed by atoms with E-state index < -0.39 is 0 Å². The first-order valence-corrected chi connectivity index (χ1v) is 5.01. The van der Waals surface area contributed by atoms with Gasteiger partial charge in [-0.25, -0.2) is 24.3 Å². The molecule has 0 aliphatic rings. The van der Waals surface area contributed by atoms with Gasteiger partial charge in [-0.3, -0.25) is 0 Å². The van der Waals surface area contributed by atoms with Gasteiger partial charge in [0.15, 0.2) is 0 Å². The van der Waals surface area contributed by atoms with Gasteiger partial charge in [0.25, 0.3) is 0 Å². The van der Waals surface area contributed by atoms with Crippen molar-refractivity contribution in [3.8, 4) is 0 Å². The molecular weight excluding hydrogens is 292 g/mol. The first-order valence-electron chi connectivity index (χ1n) is 4.19. The predicted molar refractivity (Wildman–Crippen MR) is 76.0 cm³/mol. The fourth-order valence-corrected chi connectivity index (χ4v) is 0.642. The van der Waals surface area contributed by atoms with Crippen molar-refractivity contribution < 1.29 is 17.1 Å². The van der Waals surface area contributed by atoms with E-state index in [0.717, 1.165) is 0 Å². The van der Waals surface area contributed by atoms with Crippen LogP contribution in [0.5, 0.6) is 0 Å². The summed E-state index contributed by atoms with van der Waals surface area (Å²) in [5.41, 5.74) is 0. The second-order valence-corrected chi connectivity index (χ2v) is 2.47. The van der Waals surface area contributed by atoms with Crippen LogP contribution in [0.1, 0.15) is 0 Å². The minimum absolute atomic E-state index is 0. The largest absolute Gasteiger partial charge is 4.00 e. The number of nitrogens with zero attached hydrogens (tertiary/aromatic N) is 2. The average molecular weight is 302 g/mol. The molecule has 0 aromatic heterocycles. The molecule has 2 aromatic carbocycles. The minimum Gasteiger partial charge on any atom is -0.753 e. The van der Waals surface area contributed by atoms with Crippen LogP contribution < -0.4 is 0 Å². The molecule has 0 fully saturated rings. The molecule has 0 aliphatic carbocycles. The third kappa shape index (κ3) is 31.3. The number of hydrogen-bond donors (Lipinski definition) is 0. The van der Waals surface area contributed by atoms with Crippen molar-refractivity contribution in [3.63, 3.8) is 0 Å². The third-order valence-corrected chi connectivity index (χ3v) is 1.11. The summed E-state index contributed by atoms with van der Waals surface area (Å²) in [4.78, 5) is 0. The molecule has 2 aromatic rings. The molecule has 88 valence electrons. The Kier molecular flexibility index (Phi) is 30.1. The van der Waals surface area contributed by atoms with Gasteiger partial charge in [-0.05, 0) is 0 Å². The first-order chi connectivity index (χ1) is 7.83. The van der Waals surface area contributed by atoms with Gasteiger partial charge in [-0.15, -0.1) is 0 Å². The van der Waals surface area contributed by atoms with Gasteiger partial charge in [0.1, 0.15) is 0 Å². The second-order valence-electron chi connectivity index (χ2n) is 2.11. The smallest absolute Gasteiger partial charge is 0.753 e. The molecule has 0 spiro atoms. The zero-order chi connectivity index (χ0) is 12.5. The van der Waals surface area contributed by atoms with E-state index in [9.17, 15) is 0 Å². The maximum absolute atomic E-state index is 7.13. The first kappa shape index (κ1) is 21.1. The van der Waals surface area contributed by atoms with Crippen LogP contribution in [0.3, 0.4) is 0 Å². The van der Waals surface area contributed by atoms with Crippen LogP contribution in [0.2, 0.25) is 0 Å². The van der Waals surface area contributed by atoms with Crippen molar-refractivity contribution in [2.75, 3.05) is 0 Å². The summed E-state index contributed by atoms with van der Waals surface area (Å²) in [6, 6.07) is 20.0. The SMILES string of the molecule is [Fe+4].[N-]=C=S.[N-]=C=S.c1cc[cH-]c1.c1cc[cH-]c1. The fraction of sp³-hybridized carbons (Fsp3) is 0. The molecule has 2 rings (SSSR count). The van der Waals surface area contributed by atoms with E-state index in [4.69, 9.17) is 10.8 Å². The van der Waals surface area contributed by atoms with E-state index >= 15 is 0 Å². The predicted octanol–water partition coefficient (Wildman–Crippen LogP) is 4.13. The number of isothiocyanates is 2. The van der Waals surface area contributed by atoms with Gasteiger partial charge in [-0.1, -0.05) is 24.4 Å². The standard InChI is InChI=1S/2C5H5.2CNS.Fe/c2*1-2-4-5-3-1;2*2-1-3;/h2*1-5H;;;/q4*-1;+4.